The minimum atomic E-state index is -0.624. The number of methoxy groups -OCH3 is 1. The monoisotopic (exact) mass is 271 g/mol. The van der Waals surface area contributed by atoms with Crippen molar-refractivity contribution >= 4 is 5.91 Å². The minimum Gasteiger partial charge on any atom is -0.380 e. The molecule has 5 heteroatoms. The van der Waals surface area contributed by atoms with Crippen LogP contribution in [0, 0.1) is 0 Å². The summed E-state index contributed by atoms with van der Waals surface area (Å²) in [5.74, 6) is -0.268. The van der Waals surface area contributed by atoms with Gasteiger partial charge in [0.25, 0.3) is 0 Å². The van der Waals surface area contributed by atoms with Gasteiger partial charge in [-0.2, -0.15) is 0 Å². The zero-order chi connectivity index (χ0) is 14.5. The summed E-state index contributed by atoms with van der Waals surface area (Å²) < 4.78 is 5.39. The van der Waals surface area contributed by atoms with Gasteiger partial charge >= 0.3 is 0 Å². The van der Waals surface area contributed by atoms with Gasteiger partial charge in [0.1, 0.15) is 0 Å². The van der Waals surface area contributed by atoms with Crippen LogP contribution in [0.4, 0.5) is 0 Å². The van der Waals surface area contributed by atoms with Crippen LogP contribution >= 0.6 is 0 Å². The van der Waals surface area contributed by atoms with Crippen molar-refractivity contribution in [1.82, 2.24) is 10.2 Å². The fourth-order valence-corrected chi connectivity index (χ4v) is 2.73. The smallest absolute Gasteiger partial charge is 0.237 e. The Morgan fingerprint density at radius 1 is 1.63 bits per heavy atom. The van der Waals surface area contributed by atoms with E-state index in [0.29, 0.717) is 12.1 Å². The summed E-state index contributed by atoms with van der Waals surface area (Å²) in [5, 5.41) is 3.29. The molecule has 0 aliphatic carbocycles. The number of rotatable bonds is 8. The molecule has 0 radical (unpaired) electrons. The maximum atomic E-state index is 11.7. The molecule has 1 saturated heterocycles. The highest BCUT2D eigenvalue weighted by molar-refractivity contribution is 5.84. The average Bonchev–Trinajstić information content (AvgIpc) is 2.85. The molecule has 19 heavy (non-hydrogen) atoms. The number of primary amides is 1. The molecule has 0 aromatic carbocycles. The maximum absolute atomic E-state index is 11.7. The maximum Gasteiger partial charge on any atom is 0.237 e. The number of hydrogen-bond donors (Lipinski definition) is 2. The summed E-state index contributed by atoms with van der Waals surface area (Å²) in [4.78, 5) is 14.1. The molecule has 0 spiro atoms. The van der Waals surface area contributed by atoms with Crippen molar-refractivity contribution < 1.29 is 9.53 Å². The Labute approximate surface area is 116 Å². The van der Waals surface area contributed by atoms with Gasteiger partial charge in [0.2, 0.25) is 5.91 Å². The second-order valence-electron chi connectivity index (χ2n) is 5.82. The van der Waals surface area contributed by atoms with E-state index >= 15 is 0 Å². The van der Waals surface area contributed by atoms with Crippen LogP contribution < -0.4 is 11.1 Å². The molecule has 1 amide bonds. The Balaban J connectivity index is 2.56. The highest BCUT2D eigenvalue weighted by Crippen LogP contribution is 2.21. The Hall–Kier alpha value is -0.650. The van der Waals surface area contributed by atoms with Crippen LogP contribution in [-0.2, 0) is 9.53 Å². The topological polar surface area (TPSA) is 67.6 Å². The van der Waals surface area contributed by atoms with Gasteiger partial charge in [0.15, 0.2) is 0 Å². The summed E-state index contributed by atoms with van der Waals surface area (Å²) >= 11 is 0. The summed E-state index contributed by atoms with van der Waals surface area (Å²) in [5.41, 5.74) is 4.94. The number of nitrogens with two attached hydrogens (primary N) is 1. The quantitative estimate of drug-likeness (QED) is 0.683. The van der Waals surface area contributed by atoms with Crippen molar-refractivity contribution in [3.8, 4) is 0 Å². The lowest BCUT2D eigenvalue weighted by atomic mass is 9.92. The largest absolute Gasteiger partial charge is 0.380 e. The zero-order valence-electron chi connectivity index (χ0n) is 12.7. The van der Waals surface area contributed by atoms with E-state index in [1.54, 1.807) is 7.11 Å². The molecular weight excluding hydrogens is 242 g/mol. The minimum absolute atomic E-state index is 0.268. The van der Waals surface area contributed by atoms with Gasteiger partial charge in [-0.25, -0.2) is 0 Å². The number of amides is 1. The van der Waals surface area contributed by atoms with E-state index in [0.717, 1.165) is 38.9 Å². The van der Waals surface area contributed by atoms with Crippen molar-refractivity contribution in [2.24, 2.45) is 5.73 Å². The molecule has 0 aromatic heterocycles. The second kappa shape index (κ2) is 7.22. The molecule has 0 saturated carbocycles. The molecule has 3 atom stereocenters. The number of likely N-dealkylation sites (tertiary alicyclic amines) is 1. The van der Waals surface area contributed by atoms with Crippen LogP contribution in [0.25, 0.3) is 0 Å². The number of ether oxygens (including phenoxy) is 1. The molecule has 0 aromatic rings. The van der Waals surface area contributed by atoms with Crippen molar-refractivity contribution in [1.29, 1.82) is 0 Å². The molecule has 3 N–H and O–H groups in total. The number of hydrogen-bond acceptors (Lipinski definition) is 4. The van der Waals surface area contributed by atoms with Crippen molar-refractivity contribution in [2.75, 3.05) is 26.7 Å². The first kappa shape index (κ1) is 16.4. The van der Waals surface area contributed by atoms with Crippen LogP contribution in [0.2, 0.25) is 0 Å². The summed E-state index contributed by atoms with van der Waals surface area (Å²) in [7, 11) is 1.76. The van der Waals surface area contributed by atoms with Gasteiger partial charge in [-0.1, -0.05) is 6.92 Å². The highest BCUT2D eigenvalue weighted by atomic mass is 16.5. The summed E-state index contributed by atoms with van der Waals surface area (Å²) in [6.45, 7) is 8.94. The fourth-order valence-electron chi connectivity index (χ4n) is 2.73. The summed E-state index contributed by atoms with van der Waals surface area (Å²) in [6.07, 6.45) is 3.12. The van der Waals surface area contributed by atoms with Gasteiger partial charge in [0.05, 0.1) is 11.6 Å². The third kappa shape index (κ3) is 4.44. The molecule has 1 heterocycles. The van der Waals surface area contributed by atoms with Gasteiger partial charge < -0.3 is 15.8 Å². The van der Waals surface area contributed by atoms with E-state index in [1.165, 1.54) is 0 Å². The molecule has 5 nitrogen and oxygen atoms in total. The first-order valence-electron chi connectivity index (χ1n) is 7.24. The van der Waals surface area contributed by atoms with Gasteiger partial charge in [0, 0.05) is 26.2 Å². The number of carbonyl (C=O) groups is 1. The highest BCUT2D eigenvalue weighted by Gasteiger charge is 2.35. The fraction of sp³-hybridized carbons (Fsp3) is 0.929. The van der Waals surface area contributed by atoms with Gasteiger partial charge in [-0.05, 0) is 39.7 Å². The molecule has 112 valence electrons. The first-order valence-corrected chi connectivity index (χ1v) is 7.24. The van der Waals surface area contributed by atoms with E-state index in [1.807, 2.05) is 6.92 Å². The Morgan fingerprint density at radius 2 is 2.32 bits per heavy atom. The van der Waals surface area contributed by atoms with Crippen LogP contribution in [0.3, 0.4) is 0 Å². The van der Waals surface area contributed by atoms with E-state index in [2.05, 4.69) is 24.1 Å². The van der Waals surface area contributed by atoms with Crippen LogP contribution in [-0.4, -0.2) is 55.2 Å². The normalized spacial score (nSPS) is 25.2. The second-order valence-corrected chi connectivity index (χ2v) is 5.82. The van der Waals surface area contributed by atoms with Gasteiger partial charge in [-0.3, -0.25) is 9.69 Å². The molecule has 1 fully saturated rings. The Bertz CT molecular complexity index is 298. The zero-order valence-corrected chi connectivity index (χ0v) is 12.7. The van der Waals surface area contributed by atoms with Crippen LogP contribution in [0.15, 0.2) is 0 Å². The van der Waals surface area contributed by atoms with E-state index in [9.17, 15) is 4.79 Å². The summed E-state index contributed by atoms with van der Waals surface area (Å²) in [6, 6.07) is 0.321. The third-order valence-electron chi connectivity index (χ3n) is 4.15. The van der Waals surface area contributed by atoms with Crippen molar-refractivity contribution in [2.45, 2.75) is 57.7 Å². The van der Waals surface area contributed by atoms with E-state index in [-0.39, 0.29) is 5.91 Å². The molecule has 3 unspecified atom stereocenters. The van der Waals surface area contributed by atoms with Crippen molar-refractivity contribution in [3.05, 3.63) is 0 Å². The number of carbonyl (C=O) groups excluding carboxylic acids is 1. The van der Waals surface area contributed by atoms with Crippen LogP contribution in [0.1, 0.15) is 40.0 Å². The Morgan fingerprint density at radius 3 is 2.79 bits per heavy atom. The van der Waals surface area contributed by atoms with Crippen LogP contribution in [0.5, 0.6) is 0 Å². The predicted octanol–water partition coefficient (Wildman–Crippen LogP) is 0.729. The lowest BCUT2D eigenvalue weighted by Crippen LogP contribution is -2.56. The number of nitrogens with zero attached hydrogens (tertiary/aromatic N) is 1. The average molecular weight is 271 g/mol. The lowest BCUT2D eigenvalue weighted by molar-refractivity contribution is -0.124. The Kier molecular flexibility index (Phi) is 6.23. The number of nitrogens with one attached hydrogen (secondary N) is 1. The first-order chi connectivity index (χ1) is 8.92. The van der Waals surface area contributed by atoms with E-state index < -0.39 is 5.54 Å². The van der Waals surface area contributed by atoms with Gasteiger partial charge in [-0.15, -0.1) is 0 Å². The standard InChI is InChI=1S/C14H29N3O2/c1-5-7-16-14(3,13(15)18)9-11(2)17-8-6-12(10-17)19-4/h11-12,16H,5-10H2,1-4H3,(H2,15,18). The van der Waals surface area contributed by atoms with E-state index in [4.69, 9.17) is 10.5 Å². The lowest BCUT2D eigenvalue weighted by Gasteiger charge is -2.34. The molecule has 1 aliphatic rings. The third-order valence-corrected chi connectivity index (χ3v) is 4.15. The molecule has 1 rings (SSSR count). The molecule has 1 aliphatic heterocycles. The molecule has 0 bridgehead atoms. The van der Waals surface area contributed by atoms with Crippen molar-refractivity contribution in [3.63, 3.8) is 0 Å². The molecular formula is C14H29N3O2. The predicted molar refractivity (Wildman–Crippen MR) is 77.0 cm³/mol. The SMILES string of the molecule is CCCNC(C)(CC(C)N1CCC(OC)C1)C(N)=O.